The van der Waals surface area contributed by atoms with Gasteiger partial charge in [0.1, 0.15) is 0 Å². The van der Waals surface area contributed by atoms with Crippen LogP contribution in [0.5, 0.6) is 0 Å². The highest BCUT2D eigenvalue weighted by atomic mass is 35.5. The van der Waals surface area contributed by atoms with Gasteiger partial charge < -0.3 is 0 Å². The molecule has 1 aliphatic rings. The van der Waals surface area contributed by atoms with Crippen LogP contribution in [0.15, 0.2) is 53.6 Å². The molecule has 0 amide bonds. The fourth-order valence-corrected chi connectivity index (χ4v) is 3.13. The average Bonchev–Trinajstić information content (AvgIpc) is 2.74. The lowest BCUT2D eigenvalue weighted by molar-refractivity contribution is 0.785. The van der Waals surface area contributed by atoms with Crippen molar-refractivity contribution in [3.8, 4) is 16.9 Å². The molecule has 0 bridgehead atoms. The van der Waals surface area contributed by atoms with Crippen molar-refractivity contribution in [3.63, 3.8) is 0 Å². The smallest absolute Gasteiger partial charge is 0.267 e. The second-order valence-electron chi connectivity index (χ2n) is 5.63. The van der Waals surface area contributed by atoms with Crippen LogP contribution in [0.3, 0.4) is 0 Å². The van der Waals surface area contributed by atoms with Gasteiger partial charge >= 0.3 is 0 Å². The van der Waals surface area contributed by atoms with Crippen LogP contribution in [0, 0.1) is 0 Å². The van der Waals surface area contributed by atoms with E-state index >= 15 is 0 Å². The van der Waals surface area contributed by atoms with Gasteiger partial charge in [0.15, 0.2) is 0 Å². The predicted octanol–water partition coefficient (Wildman–Crippen LogP) is 3.44. The van der Waals surface area contributed by atoms with Gasteiger partial charge in [-0.3, -0.25) is 9.78 Å². The SMILES string of the molecule is O=c1cc2c(nn1-c1ccc(Cl)cc1)-c1cnccc1CCC2. The van der Waals surface area contributed by atoms with Crippen molar-refractivity contribution in [3.05, 3.63) is 75.3 Å². The molecule has 0 radical (unpaired) electrons. The Morgan fingerprint density at radius 2 is 1.83 bits per heavy atom. The molecule has 114 valence electrons. The molecule has 0 N–H and O–H groups in total. The number of hydrogen-bond donors (Lipinski definition) is 0. The maximum Gasteiger partial charge on any atom is 0.271 e. The lowest BCUT2D eigenvalue weighted by Gasteiger charge is -2.11. The van der Waals surface area contributed by atoms with Crippen molar-refractivity contribution in [2.75, 3.05) is 0 Å². The van der Waals surface area contributed by atoms with Gasteiger partial charge in [-0.05, 0) is 60.7 Å². The van der Waals surface area contributed by atoms with E-state index in [4.69, 9.17) is 11.6 Å². The molecule has 0 saturated heterocycles. The minimum atomic E-state index is -0.126. The fraction of sp³-hybridized carbons (Fsp3) is 0.167. The van der Waals surface area contributed by atoms with Crippen LogP contribution in [-0.2, 0) is 12.8 Å². The second kappa shape index (κ2) is 5.63. The van der Waals surface area contributed by atoms with E-state index in [-0.39, 0.29) is 5.56 Å². The molecule has 1 aliphatic carbocycles. The molecule has 5 heteroatoms. The van der Waals surface area contributed by atoms with Crippen molar-refractivity contribution in [2.45, 2.75) is 19.3 Å². The summed E-state index contributed by atoms with van der Waals surface area (Å²) in [4.78, 5) is 16.7. The summed E-state index contributed by atoms with van der Waals surface area (Å²) >= 11 is 5.93. The monoisotopic (exact) mass is 323 g/mol. The third kappa shape index (κ3) is 2.55. The minimum absolute atomic E-state index is 0.126. The number of benzene rings is 1. The summed E-state index contributed by atoms with van der Waals surface area (Å²) in [6.07, 6.45) is 6.48. The molecule has 0 saturated carbocycles. The number of pyridine rings is 1. The first kappa shape index (κ1) is 14.2. The Bertz CT molecular complexity index is 932. The first-order valence-electron chi connectivity index (χ1n) is 7.55. The van der Waals surface area contributed by atoms with Crippen LogP contribution in [0.1, 0.15) is 17.5 Å². The van der Waals surface area contributed by atoms with Gasteiger partial charge in [-0.25, -0.2) is 0 Å². The topological polar surface area (TPSA) is 47.8 Å². The molecule has 0 aliphatic heterocycles. The molecule has 2 heterocycles. The molecule has 4 nitrogen and oxygen atoms in total. The van der Waals surface area contributed by atoms with Gasteiger partial charge in [-0.15, -0.1) is 0 Å². The number of aromatic nitrogens is 3. The van der Waals surface area contributed by atoms with Crippen molar-refractivity contribution in [2.24, 2.45) is 0 Å². The molecule has 4 rings (SSSR count). The zero-order chi connectivity index (χ0) is 15.8. The lowest BCUT2D eigenvalue weighted by Crippen LogP contribution is -2.22. The zero-order valence-corrected chi connectivity index (χ0v) is 13.1. The standard InChI is InChI=1S/C18H14ClN3O/c19-14-4-6-15(7-5-14)22-17(23)10-13-3-1-2-12-8-9-20-11-16(12)18(13)21-22/h4-11H,1-3H2. The van der Waals surface area contributed by atoms with Crippen LogP contribution in [-0.4, -0.2) is 14.8 Å². The van der Waals surface area contributed by atoms with Crippen LogP contribution >= 0.6 is 11.6 Å². The molecule has 23 heavy (non-hydrogen) atoms. The molecular formula is C18H14ClN3O. The van der Waals surface area contributed by atoms with Crippen LogP contribution in [0.2, 0.25) is 5.02 Å². The third-order valence-electron chi connectivity index (χ3n) is 4.14. The maximum absolute atomic E-state index is 12.5. The largest absolute Gasteiger partial charge is 0.271 e. The van der Waals surface area contributed by atoms with E-state index in [1.54, 1.807) is 36.5 Å². The highest BCUT2D eigenvalue weighted by Crippen LogP contribution is 2.29. The lowest BCUT2D eigenvalue weighted by atomic mass is 10.1. The van der Waals surface area contributed by atoms with Crippen molar-refractivity contribution < 1.29 is 0 Å². The quantitative estimate of drug-likeness (QED) is 0.689. The molecule has 0 unspecified atom stereocenters. The van der Waals surface area contributed by atoms with E-state index in [0.717, 1.165) is 36.1 Å². The Balaban J connectivity index is 1.95. The number of hydrogen-bond acceptors (Lipinski definition) is 3. The zero-order valence-electron chi connectivity index (χ0n) is 12.4. The van der Waals surface area contributed by atoms with E-state index in [9.17, 15) is 4.79 Å². The molecule has 3 aromatic rings. The van der Waals surface area contributed by atoms with Gasteiger partial charge in [0.25, 0.3) is 5.56 Å². The molecule has 0 spiro atoms. The first-order valence-corrected chi connectivity index (χ1v) is 7.92. The van der Waals surface area contributed by atoms with E-state index in [0.29, 0.717) is 10.7 Å². The van der Waals surface area contributed by atoms with E-state index in [1.165, 1.54) is 10.2 Å². The number of nitrogens with zero attached hydrogens (tertiary/aromatic N) is 3. The fourth-order valence-electron chi connectivity index (χ4n) is 3.00. The number of rotatable bonds is 1. The Kier molecular flexibility index (Phi) is 3.46. The summed E-state index contributed by atoms with van der Waals surface area (Å²) in [5, 5.41) is 5.27. The Hall–Kier alpha value is -2.46. The van der Waals surface area contributed by atoms with Crippen LogP contribution in [0.4, 0.5) is 0 Å². The average molecular weight is 324 g/mol. The van der Waals surface area contributed by atoms with E-state index < -0.39 is 0 Å². The van der Waals surface area contributed by atoms with Crippen molar-refractivity contribution in [1.82, 2.24) is 14.8 Å². The van der Waals surface area contributed by atoms with Crippen molar-refractivity contribution in [1.29, 1.82) is 0 Å². The Labute approximate surface area is 138 Å². The predicted molar refractivity (Wildman–Crippen MR) is 90.1 cm³/mol. The summed E-state index contributed by atoms with van der Waals surface area (Å²) in [6, 6.07) is 10.8. The van der Waals surface area contributed by atoms with E-state index in [1.807, 2.05) is 12.3 Å². The summed E-state index contributed by atoms with van der Waals surface area (Å²) in [5.74, 6) is 0. The molecule has 1 aromatic carbocycles. The Morgan fingerprint density at radius 3 is 2.65 bits per heavy atom. The van der Waals surface area contributed by atoms with Crippen LogP contribution in [0.25, 0.3) is 16.9 Å². The van der Waals surface area contributed by atoms with Gasteiger partial charge in [-0.2, -0.15) is 9.78 Å². The normalized spacial score (nSPS) is 13.1. The van der Waals surface area contributed by atoms with Gasteiger partial charge in [0.05, 0.1) is 11.4 Å². The second-order valence-corrected chi connectivity index (χ2v) is 6.07. The third-order valence-corrected chi connectivity index (χ3v) is 4.39. The number of aryl methyl sites for hydroxylation is 2. The van der Waals surface area contributed by atoms with Gasteiger partial charge in [0.2, 0.25) is 0 Å². The highest BCUT2D eigenvalue weighted by molar-refractivity contribution is 6.30. The van der Waals surface area contributed by atoms with Gasteiger partial charge in [-0.1, -0.05) is 11.6 Å². The first-order chi connectivity index (χ1) is 11.2. The summed E-state index contributed by atoms with van der Waals surface area (Å²) in [5.41, 5.74) is 4.66. The molecular weight excluding hydrogens is 310 g/mol. The molecule has 2 aromatic heterocycles. The highest BCUT2D eigenvalue weighted by Gasteiger charge is 2.18. The summed E-state index contributed by atoms with van der Waals surface area (Å²) < 4.78 is 1.43. The Morgan fingerprint density at radius 1 is 1.04 bits per heavy atom. The molecule has 0 atom stereocenters. The molecule has 0 fully saturated rings. The number of halogens is 1. The maximum atomic E-state index is 12.5. The van der Waals surface area contributed by atoms with Crippen LogP contribution < -0.4 is 5.56 Å². The minimum Gasteiger partial charge on any atom is -0.267 e. The number of fused-ring (bicyclic) bond motifs is 3. The van der Waals surface area contributed by atoms with Crippen molar-refractivity contribution >= 4 is 11.6 Å². The summed E-state index contributed by atoms with van der Waals surface area (Å²) in [7, 11) is 0. The summed E-state index contributed by atoms with van der Waals surface area (Å²) in [6.45, 7) is 0. The van der Waals surface area contributed by atoms with E-state index in [2.05, 4.69) is 10.1 Å². The van der Waals surface area contributed by atoms with Gasteiger partial charge in [0, 0.05) is 29.0 Å².